The Bertz CT molecular complexity index is 478. The molecule has 0 fully saturated rings. The maximum atomic E-state index is 12.9. The van der Waals surface area contributed by atoms with E-state index in [-0.39, 0.29) is 10.4 Å². The Labute approximate surface area is 123 Å². The molecule has 0 aliphatic rings. The van der Waals surface area contributed by atoms with Crippen molar-refractivity contribution in [1.82, 2.24) is 5.32 Å². The zero-order valence-corrected chi connectivity index (χ0v) is 12.6. The van der Waals surface area contributed by atoms with Crippen molar-refractivity contribution >= 4 is 23.3 Å². The second kappa shape index (κ2) is 6.90. The van der Waals surface area contributed by atoms with Crippen molar-refractivity contribution in [3.05, 3.63) is 29.0 Å². The quantitative estimate of drug-likeness (QED) is 0.780. The van der Waals surface area contributed by atoms with Gasteiger partial charge in [-0.1, -0.05) is 25.4 Å². The van der Waals surface area contributed by atoms with Gasteiger partial charge in [0.05, 0.1) is 16.8 Å². The van der Waals surface area contributed by atoms with Crippen molar-refractivity contribution in [2.75, 3.05) is 11.9 Å². The molecule has 20 heavy (non-hydrogen) atoms. The molecular formula is C14H20ClFN2O2. The molecule has 0 aliphatic carbocycles. The van der Waals surface area contributed by atoms with Crippen LogP contribution in [0.4, 0.5) is 14.9 Å². The molecule has 0 aromatic heterocycles. The highest BCUT2D eigenvalue weighted by Crippen LogP contribution is 2.23. The smallest absolute Gasteiger partial charge is 0.319 e. The molecule has 1 aromatic rings. The molecule has 0 aliphatic heterocycles. The highest BCUT2D eigenvalue weighted by molar-refractivity contribution is 6.33. The van der Waals surface area contributed by atoms with Crippen LogP contribution in [0, 0.1) is 11.2 Å². The van der Waals surface area contributed by atoms with Crippen LogP contribution in [0.5, 0.6) is 0 Å². The summed E-state index contributed by atoms with van der Waals surface area (Å²) >= 11 is 5.82. The number of rotatable bonds is 5. The number of carbonyl (C=O) groups is 1. The fraction of sp³-hybridized carbons (Fsp3) is 0.500. The molecule has 4 nitrogen and oxygen atoms in total. The molecule has 1 rings (SSSR count). The first-order valence-corrected chi connectivity index (χ1v) is 6.75. The van der Waals surface area contributed by atoms with Crippen molar-refractivity contribution in [2.45, 2.75) is 33.3 Å². The maximum Gasteiger partial charge on any atom is 0.319 e. The highest BCUT2D eigenvalue weighted by Gasteiger charge is 2.21. The number of urea groups is 1. The Hall–Kier alpha value is -1.33. The molecule has 1 unspecified atom stereocenters. The van der Waals surface area contributed by atoms with Crippen molar-refractivity contribution in [3.63, 3.8) is 0 Å². The third kappa shape index (κ3) is 5.75. The highest BCUT2D eigenvalue weighted by atomic mass is 35.5. The third-order valence-corrected chi connectivity index (χ3v) is 3.07. The standard InChI is InChI=1S/C14H20ClFN2O2/c1-9(19)7-14(2,3)8-17-13(20)18-12-5-4-10(16)6-11(12)15/h4-6,9,19H,7-8H2,1-3H3,(H2,17,18,20). The Morgan fingerprint density at radius 2 is 2.15 bits per heavy atom. The molecule has 6 heteroatoms. The molecule has 0 saturated heterocycles. The number of hydrogen-bond acceptors (Lipinski definition) is 2. The lowest BCUT2D eigenvalue weighted by Crippen LogP contribution is -2.38. The summed E-state index contributed by atoms with van der Waals surface area (Å²) < 4.78 is 12.9. The second-order valence-electron chi connectivity index (χ2n) is 5.65. The van der Waals surface area contributed by atoms with Gasteiger partial charge in [-0.2, -0.15) is 0 Å². The topological polar surface area (TPSA) is 61.4 Å². The summed E-state index contributed by atoms with van der Waals surface area (Å²) in [5.41, 5.74) is 0.122. The van der Waals surface area contributed by atoms with E-state index in [1.165, 1.54) is 12.1 Å². The molecule has 0 bridgehead atoms. The number of benzene rings is 1. The van der Waals surface area contributed by atoms with Crippen LogP contribution in [0.25, 0.3) is 0 Å². The summed E-state index contributed by atoms with van der Waals surface area (Å²) in [5, 5.41) is 14.8. The molecule has 0 spiro atoms. The number of carbonyl (C=O) groups excluding carboxylic acids is 1. The molecule has 0 saturated carbocycles. The van der Waals surface area contributed by atoms with Gasteiger partial charge in [0.15, 0.2) is 0 Å². The number of hydrogen-bond donors (Lipinski definition) is 3. The fourth-order valence-electron chi connectivity index (χ4n) is 1.95. The Kier molecular flexibility index (Phi) is 5.77. The maximum absolute atomic E-state index is 12.9. The first-order chi connectivity index (χ1) is 9.19. The normalized spacial score (nSPS) is 12.9. The SMILES string of the molecule is CC(O)CC(C)(C)CNC(=O)Nc1ccc(F)cc1Cl. The van der Waals surface area contributed by atoms with Gasteiger partial charge in [-0.05, 0) is 37.0 Å². The van der Waals surface area contributed by atoms with Gasteiger partial charge in [0.25, 0.3) is 0 Å². The summed E-state index contributed by atoms with van der Waals surface area (Å²) in [7, 11) is 0. The number of aliphatic hydroxyl groups excluding tert-OH is 1. The lowest BCUT2D eigenvalue weighted by molar-refractivity contribution is 0.129. The van der Waals surface area contributed by atoms with Gasteiger partial charge in [-0.15, -0.1) is 0 Å². The van der Waals surface area contributed by atoms with Crippen LogP contribution in [-0.2, 0) is 0 Å². The lowest BCUT2D eigenvalue weighted by Gasteiger charge is -2.26. The average molecular weight is 303 g/mol. The number of amides is 2. The van der Waals surface area contributed by atoms with Crippen LogP contribution in [0.3, 0.4) is 0 Å². The first-order valence-electron chi connectivity index (χ1n) is 6.37. The third-order valence-electron chi connectivity index (χ3n) is 2.75. The van der Waals surface area contributed by atoms with Gasteiger partial charge in [0, 0.05) is 6.54 Å². The Morgan fingerprint density at radius 3 is 2.70 bits per heavy atom. The molecule has 112 valence electrons. The summed E-state index contributed by atoms with van der Waals surface area (Å²) in [6.07, 6.45) is 0.145. The van der Waals surface area contributed by atoms with Crippen LogP contribution in [0.15, 0.2) is 18.2 Å². The Balaban J connectivity index is 2.52. The van der Waals surface area contributed by atoms with Gasteiger partial charge in [-0.25, -0.2) is 9.18 Å². The van der Waals surface area contributed by atoms with E-state index >= 15 is 0 Å². The molecule has 0 radical (unpaired) electrons. The van der Waals surface area contributed by atoms with E-state index in [4.69, 9.17) is 11.6 Å². The number of aliphatic hydroxyl groups is 1. The van der Waals surface area contributed by atoms with Crippen molar-refractivity contribution < 1.29 is 14.3 Å². The summed E-state index contributed by atoms with van der Waals surface area (Å²) in [4.78, 5) is 11.7. The van der Waals surface area contributed by atoms with Crippen LogP contribution in [-0.4, -0.2) is 23.8 Å². The van der Waals surface area contributed by atoms with Crippen molar-refractivity contribution in [1.29, 1.82) is 0 Å². The monoisotopic (exact) mass is 302 g/mol. The van der Waals surface area contributed by atoms with Gasteiger partial charge in [0.2, 0.25) is 0 Å². The first kappa shape index (κ1) is 16.7. The Morgan fingerprint density at radius 1 is 1.50 bits per heavy atom. The number of halogens is 2. The van der Waals surface area contributed by atoms with Gasteiger partial charge < -0.3 is 15.7 Å². The molecule has 1 atom stereocenters. The van der Waals surface area contributed by atoms with E-state index in [9.17, 15) is 14.3 Å². The van der Waals surface area contributed by atoms with Gasteiger partial charge in [0.1, 0.15) is 5.82 Å². The van der Waals surface area contributed by atoms with E-state index in [1.54, 1.807) is 6.92 Å². The van der Waals surface area contributed by atoms with Crippen LogP contribution in [0.1, 0.15) is 27.2 Å². The van der Waals surface area contributed by atoms with Gasteiger partial charge in [-0.3, -0.25) is 0 Å². The largest absolute Gasteiger partial charge is 0.393 e. The van der Waals surface area contributed by atoms with E-state index < -0.39 is 18.0 Å². The number of nitrogens with one attached hydrogen (secondary N) is 2. The van der Waals surface area contributed by atoms with Crippen LogP contribution in [0.2, 0.25) is 5.02 Å². The fourth-order valence-corrected chi connectivity index (χ4v) is 2.16. The molecular weight excluding hydrogens is 283 g/mol. The minimum atomic E-state index is -0.459. The van der Waals surface area contributed by atoms with Crippen LogP contribution >= 0.6 is 11.6 Å². The molecule has 1 aromatic carbocycles. The van der Waals surface area contributed by atoms with E-state index in [1.807, 2.05) is 13.8 Å². The predicted molar refractivity (Wildman–Crippen MR) is 78.5 cm³/mol. The second-order valence-corrected chi connectivity index (χ2v) is 6.06. The summed E-state index contributed by atoms with van der Waals surface area (Å²) in [6.45, 7) is 6.01. The minimum Gasteiger partial charge on any atom is -0.393 e. The van der Waals surface area contributed by atoms with Crippen molar-refractivity contribution in [2.24, 2.45) is 5.41 Å². The van der Waals surface area contributed by atoms with Crippen molar-refractivity contribution in [3.8, 4) is 0 Å². The molecule has 0 heterocycles. The van der Waals surface area contributed by atoms with Gasteiger partial charge >= 0.3 is 6.03 Å². The zero-order chi connectivity index (χ0) is 15.3. The van der Waals surface area contributed by atoms with E-state index in [0.717, 1.165) is 6.07 Å². The van der Waals surface area contributed by atoms with E-state index in [0.29, 0.717) is 18.7 Å². The van der Waals surface area contributed by atoms with E-state index in [2.05, 4.69) is 10.6 Å². The lowest BCUT2D eigenvalue weighted by atomic mass is 9.87. The molecule has 3 N–H and O–H groups in total. The zero-order valence-electron chi connectivity index (χ0n) is 11.8. The molecule has 2 amide bonds. The number of anilines is 1. The summed E-state index contributed by atoms with van der Waals surface area (Å²) in [5.74, 6) is -0.459. The minimum absolute atomic E-state index is 0.142. The summed E-state index contributed by atoms with van der Waals surface area (Å²) in [6, 6.07) is 3.34. The van der Waals surface area contributed by atoms with Crippen LogP contribution < -0.4 is 10.6 Å². The predicted octanol–water partition coefficient (Wildman–Crippen LogP) is 3.40. The average Bonchev–Trinajstić information content (AvgIpc) is 2.29.